The fraction of sp³-hybridized carbons (Fsp3) is 0.214. The molecule has 0 bridgehead atoms. The summed E-state index contributed by atoms with van der Waals surface area (Å²) >= 11 is 0. The normalized spacial score (nSPS) is 13.8. The van der Waals surface area contributed by atoms with Gasteiger partial charge in [-0.15, -0.1) is 0 Å². The van der Waals surface area contributed by atoms with Gasteiger partial charge in [0.25, 0.3) is 5.91 Å². The number of carbonyl (C=O) groups excluding carboxylic acids is 1. The molecule has 0 saturated heterocycles. The van der Waals surface area contributed by atoms with Crippen LogP contribution in [-0.2, 0) is 20.0 Å². The Bertz CT molecular complexity index is 1280. The molecule has 1 atom stereocenters. The summed E-state index contributed by atoms with van der Waals surface area (Å²) in [4.78, 5) is 20.1. The summed E-state index contributed by atoms with van der Waals surface area (Å²) in [5, 5.41) is 3.17. The molecule has 6 nitrogen and oxygen atoms in total. The highest BCUT2D eigenvalue weighted by atomic mass is 16.5. The summed E-state index contributed by atoms with van der Waals surface area (Å²) in [5.74, 6) is 1.39. The van der Waals surface area contributed by atoms with E-state index in [0.717, 1.165) is 42.3 Å². The fourth-order valence-electron chi connectivity index (χ4n) is 4.50. The molecule has 0 radical (unpaired) electrons. The molecule has 4 aromatic rings. The Labute approximate surface area is 199 Å². The van der Waals surface area contributed by atoms with E-state index in [2.05, 4.69) is 39.5 Å². The van der Waals surface area contributed by atoms with Gasteiger partial charge in [0.1, 0.15) is 17.6 Å². The van der Waals surface area contributed by atoms with Crippen LogP contribution < -0.4 is 15.0 Å². The maximum atomic E-state index is 13.2. The lowest BCUT2D eigenvalue weighted by molar-refractivity contribution is 0.0941. The minimum Gasteiger partial charge on any atom is -0.497 e. The van der Waals surface area contributed by atoms with Crippen LogP contribution in [0.25, 0.3) is 0 Å². The Morgan fingerprint density at radius 2 is 1.74 bits per heavy atom. The van der Waals surface area contributed by atoms with E-state index in [4.69, 9.17) is 4.74 Å². The van der Waals surface area contributed by atoms with Crippen LogP contribution in [0.5, 0.6) is 5.75 Å². The maximum absolute atomic E-state index is 13.2. The van der Waals surface area contributed by atoms with E-state index >= 15 is 0 Å². The highest BCUT2D eigenvalue weighted by molar-refractivity contribution is 5.95. The molecule has 2 heterocycles. The van der Waals surface area contributed by atoms with Crippen LogP contribution >= 0.6 is 0 Å². The molecule has 3 aromatic carbocycles. The maximum Gasteiger partial charge on any atom is 0.252 e. The lowest BCUT2D eigenvalue weighted by Crippen LogP contribution is -2.31. The Hall–Kier alpha value is -4.06. The van der Waals surface area contributed by atoms with Crippen LogP contribution in [0.3, 0.4) is 0 Å². The van der Waals surface area contributed by atoms with Gasteiger partial charge in [-0.25, -0.2) is 4.98 Å². The lowest BCUT2D eigenvalue weighted by atomic mass is 9.99. The van der Waals surface area contributed by atoms with Crippen molar-refractivity contribution in [2.45, 2.75) is 19.0 Å². The predicted molar refractivity (Wildman–Crippen MR) is 133 cm³/mol. The van der Waals surface area contributed by atoms with Gasteiger partial charge in [-0.3, -0.25) is 4.79 Å². The molecule has 34 heavy (non-hydrogen) atoms. The van der Waals surface area contributed by atoms with Crippen LogP contribution in [0.4, 0.5) is 5.69 Å². The highest BCUT2D eigenvalue weighted by Gasteiger charge is 2.22. The van der Waals surface area contributed by atoms with E-state index in [1.807, 2.05) is 66.3 Å². The van der Waals surface area contributed by atoms with Gasteiger partial charge in [0.05, 0.1) is 7.11 Å². The number of imidazole rings is 1. The second-order valence-corrected chi connectivity index (χ2v) is 8.56. The van der Waals surface area contributed by atoms with E-state index in [-0.39, 0.29) is 11.9 Å². The van der Waals surface area contributed by atoms with E-state index in [0.29, 0.717) is 5.56 Å². The average Bonchev–Trinajstić information content (AvgIpc) is 3.32. The van der Waals surface area contributed by atoms with Gasteiger partial charge in [-0.05, 0) is 59.5 Å². The van der Waals surface area contributed by atoms with Crippen molar-refractivity contribution in [1.82, 2.24) is 14.9 Å². The number of aryl methyl sites for hydroxylation is 1. The second kappa shape index (κ2) is 9.43. The quantitative estimate of drug-likeness (QED) is 0.468. The van der Waals surface area contributed by atoms with Crippen molar-refractivity contribution < 1.29 is 9.53 Å². The monoisotopic (exact) mass is 452 g/mol. The number of benzene rings is 3. The van der Waals surface area contributed by atoms with Gasteiger partial charge in [-0.1, -0.05) is 36.4 Å². The predicted octanol–water partition coefficient (Wildman–Crippen LogP) is 4.51. The molecular formula is C28H28N4O2. The van der Waals surface area contributed by atoms with Crippen molar-refractivity contribution in [3.63, 3.8) is 0 Å². The Morgan fingerprint density at radius 3 is 2.41 bits per heavy atom. The molecule has 0 spiro atoms. The molecule has 1 unspecified atom stereocenters. The Kier molecular flexibility index (Phi) is 6.04. The molecule has 1 aromatic heterocycles. The Morgan fingerprint density at radius 1 is 1.00 bits per heavy atom. The SMILES string of the molecule is COc1ccc(C(NC(=O)c2ccc(N3CCc4ccccc4C3)cc2)c2nccn2C)cc1. The van der Waals surface area contributed by atoms with Gasteiger partial charge >= 0.3 is 0 Å². The van der Waals surface area contributed by atoms with Gasteiger partial charge in [0.2, 0.25) is 0 Å². The first-order valence-corrected chi connectivity index (χ1v) is 11.5. The lowest BCUT2D eigenvalue weighted by Gasteiger charge is -2.30. The summed E-state index contributed by atoms with van der Waals surface area (Å²) in [6.07, 6.45) is 4.65. The molecule has 5 rings (SSSR count). The van der Waals surface area contributed by atoms with E-state index in [9.17, 15) is 4.79 Å². The number of anilines is 1. The van der Waals surface area contributed by atoms with Crippen molar-refractivity contribution in [1.29, 1.82) is 0 Å². The third kappa shape index (κ3) is 4.39. The molecule has 0 saturated carbocycles. The summed E-state index contributed by atoms with van der Waals surface area (Å²) in [6, 6.07) is 23.8. The number of hydrogen-bond acceptors (Lipinski definition) is 4. The number of hydrogen-bond donors (Lipinski definition) is 1. The van der Waals surface area contributed by atoms with E-state index in [1.54, 1.807) is 13.3 Å². The highest BCUT2D eigenvalue weighted by Crippen LogP contribution is 2.26. The number of aromatic nitrogens is 2. The number of rotatable bonds is 6. The summed E-state index contributed by atoms with van der Waals surface area (Å²) < 4.78 is 7.21. The molecular weight excluding hydrogens is 424 g/mol. The molecule has 1 amide bonds. The van der Waals surface area contributed by atoms with Crippen molar-refractivity contribution in [2.24, 2.45) is 7.05 Å². The number of methoxy groups -OCH3 is 1. The molecule has 0 aliphatic carbocycles. The minimum absolute atomic E-state index is 0.139. The minimum atomic E-state index is -0.378. The summed E-state index contributed by atoms with van der Waals surface area (Å²) in [7, 11) is 3.57. The van der Waals surface area contributed by atoms with E-state index in [1.165, 1.54) is 11.1 Å². The first-order chi connectivity index (χ1) is 16.6. The third-order valence-corrected chi connectivity index (χ3v) is 6.47. The van der Waals surface area contributed by atoms with Gasteiger partial charge in [-0.2, -0.15) is 0 Å². The van der Waals surface area contributed by atoms with Gasteiger partial charge < -0.3 is 19.5 Å². The fourth-order valence-corrected chi connectivity index (χ4v) is 4.50. The molecule has 0 fully saturated rings. The largest absolute Gasteiger partial charge is 0.497 e. The van der Waals surface area contributed by atoms with Crippen molar-refractivity contribution >= 4 is 11.6 Å². The van der Waals surface area contributed by atoms with Crippen LogP contribution in [-0.4, -0.2) is 29.1 Å². The van der Waals surface area contributed by atoms with Crippen LogP contribution in [0.2, 0.25) is 0 Å². The second-order valence-electron chi connectivity index (χ2n) is 8.56. The van der Waals surface area contributed by atoms with Gasteiger partial charge in [0, 0.05) is 43.8 Å². The zero-order chi connectivity index (χ0) is 23.5. The first-order valence-electron chi connectivity index (χ1n) is 11.5. The van der Waals surface area contributed by atoms with Crippen LogP contribution in [0, 0.1) is 0 Å². The smallest absolute Gasteiger partial charge is 0.252 e. The zero-order valence-electron chi connectivity index (χ0n) is 19.4. The average molecular weight is 453 g/mol. The molecule has 1 aliphatic heterocycles. The molecule has 1 N–H and O–H groups in total. The third-order valence-electron chi connectivity index (χ3n) is 6.47. The van der Waals surface area contributed by atoms with Crippen molar-refractivity contribution in [3.8, 4) is 5.75 Å². The summed E-state index contributed by atoms with van der Waals surface area (Å²) in [5.41, 5.74) is 5.48. The molecule has 172 valence electrons. The number of fused-ring (bicyclic) bond motifs is 1. The van der Waals surface area contributed by atoms with Crippen LogP contribution in [0.1, 0.15) is 38.9 Å². The van der Waals surface area contributed by atoms with Gasteiger partial charge in [0.15, 0.2) is 0 Å². The topological polar surface area (TPSA) is 59.4 Å². The van der Waals surface area contributed by atoms with E-state index < -0.39 is 0 Å². The summed E-state index contributed by atoms with van der Waals surface area (Å²) in [6.45, 7) is 1.86. The standard InChI is InChI=1S/C28H28N4O2/c1-31-18-16-29-27(31)26(21-9-13-25(34-2)14-10-21)30-28(33)22-7-11-24(12-8-22)32-17-15-20-5-3-4-6-23(20)19-32/h3-14,16,18,26H,15,17,19H2,1-2H3,(H,30,33). The molecule has 1 aliphatic rings. The zero-order valence-corrected chi connectivity index (χ0v) is 19.4. The van der Waals surface area contributed by atoms with Crippen molar-refractivity contribution in [3.05, 3.63) is 113 Å². The van der Waals surface area contributed by atoms with Crippen molar-refractivity contribution in [2.75, 3.05) is 18.6 Å². The number of ether oxygens (including phenoxy) is 1. The molecule has 6 heteroatoms. The number of nitrogens with zero attached hydrogens (tertiary/aromatic N) is 3. The first kappa shape index (κ1) is 21.8. The van der Waals surface area contributed by atoms with Crippen LogP contribution in [0.15, 0.2) is 85.2 Å². The Balaban J connectivity index is 1.34. The number of nitrogens with one attached hydrogen (secondary N) is 1. The number of amides is 1. The number of carbonyl (C=O) groups is 1.